The summed E-state index contributed by atoms with van der Waals surface area (Å²) >= 11 is 0. The topological polar surface area (TPSA) is 49.4 Å². The molecule has 2 unspecified atom stereocenters. The molecular formula is C18H26N2O2S. The van der Waals surface area contributed by atoms with Crippen LogP contribution in [0.5, 0.6) is 0 Å². The first-order valence-electron chi connectivity index (χ1n) is 8.76. The largest absolute Gasteiger partial charge is 0.353 e. The van der Waals surface area contributed by atoms with E-state index in [0.29, 0.717) is 12.6 Å². The Kier molecular flexibility index (Phi) is 5.84. The zero-order valence-corrected chi connectivity index (χ0v) is 14.4. The summed E-state index contributed by atoms with van der Waals surface area (Å²) in [7, 11) is -1.16. The zero-order chi connectivity index (χ0) is 16.1. The van der Waals surface area contributed by atoms with Crippen molar-refractivity contribution in [2.45, 2.75) is 55.9 Å². The molecule has 1 aliphatic heterocycles. The summed E-state index contributed by atoms with van der Waals surface area (Å²) in [5.41, 5.74) is 0. The van der Waals surface area contributed by atoms with Crippen LogP contribution in [0.1, 0.15) is 44.9 Å². The summed E-state index contributed by atoms with van der Waals surface area (Å²) < 4.78 is 14.6. The van der Waals surface area contributed by atoms with Crippen molar-refractivity contribution in [2.75, 3.05) is 13.1 Å². The van der Waals surface area contributed by atoms with E-state index in [2.05, 4.69) is 5.32 Å². The Labute approximate surface area is 141 Å². The van der Waals surface area contributed by atoms with Gasteiger partial charge in [-0.3, -0.25) is 4.79 Å². The lowest BCUT2D eigenvalue weighted by atomic mass is 9.93. The first-order chi connectivity index (χ1) is 11.2. The molecule has 0 aromatic heterocycles. The van der Waals surface area contributed by atoms with E-state index in [1.165, 1.54) is 19.3 Å². The highest BCUT2D eigenvalue weighted by Crippen LogP contribution is 2.23. The van der Waals surface area contributed by atoms with Gasteiger partial charge in [0, 0.05) is 19.1 Å². The molecule has 23 heavy (non-hydrogen) atoms. The van der Waals surface area contributed by atoms with Crippen LogP contribution in [-0.4, -0.2) is 33.6 Å². The molecule has 0 bridgehead atoms. The van der Waals surface area contributed by atoms with Crippen LogP contribution in [0, 0.1) is 5.92 Å². The Bertz CT molecular complexity index is 543. The first kappa shape index (κ1) is 16.7. The number of carbonyl (C=O) groups is 1. The van der Waals surface area contributed by atoms with Crippen molar-refractivity contribution in [1.82, 2.24) is 9.62 Å². The summed E-state index contributed by atoms with van der Waals surface area (Å²) in [6.45, 7) is 1.40. The van der Waals surface area contributed by atoms with Gasteiger partial charge in [0.05, 0.1) is 10.8 Å². The maximum Gasteiger partial charge on any atom is 0.224 e. The van der Waals surface area contributed by atoms with Gasteiger partial charge in [0.1, 0.15) is 11.0 Å². The van der Waals surface area contributed by atoms with Crippen LogP contribution in [-0.2, 0) is 15.8 Å². The van der Waals surface area contributed by atoms with Gasteiger partial charge in [-0.2, -0.15) is 0 Å². The van der Waals surface area contributed by atoms with Crippen LogP contribution >= 0.6 is 0 Å². The van der Waals surface area contributed by atoms with Crippen LogP contribution in [0.15, 0.2) is 35.2 Å². The van der Waals surface area contributed by atoms with Gasteiger partial charge in [-0.25, -0.2) is 8.51 Å². The normalized spacial score (nSPS) is 25.0. The molecule has 1 saturated carbocycles. The number of nitrogens with one attached hydrogen (secondary N) is 1. The van der Waals surface area contributed by atoms with Crippen molar-refractivity contribution in [1.29, 1.82) is 0 Å². The second-order valence-corrected chi connectivity index (χ2v) is 8.12. The van der Waals surface area contributed by atoms with Gasteiger partial charge in [-0.05, 0) is 37.8 Å². The van der Waals surface area contributed by atoms with Crippen LogP contribution in [0.25, 0.3) is 0 Å². The highest BCUT2D eigenvalue weighted by Gasteiger charge is 2.30. The average molecular weight is 334 g/mol. The van der Waals surface area contributed by atoms with Crippen LogP contribution < -0.4 is 5.32 Å². The smallest absolute Gasteiger partial charge is 0.224 e. The van der Waals surface area contributed by atoms with E-state index in [9.17, 15) is 9.00 Å². The van der Waals surface area contributed by atoms with Crippen molar-refractivity contribution in [3.63, 3.8) is 0 Å². The lowest BCUT2D eigenvalue weighted by Crippen LogP contribution is -2.46. The number of nitrogens with zero attached hydrogens (tertiary/aromatic N) is 1. The summed E-state index contributed by atoms with van der Waals surface area (Å²) in [5, 5.41) is 3.22. The Balaban J connectivity index is 1.57. The van der Waals surface area contributed by atoms with E-state index in [1.54, 1.807) is 0 Å². The van der Waals surface area contributed by atoms with Crippen molar-refractivity contribution in [2.24, 2.45) is 5.92 Å². The molecule has 3 rings (SSSR count). The molecule has 126 valence electrons. The van der Waals surface area contributed by atoms with Crippen molar-refractivity contribution in [3.8, 4) is 0 Å². The van der Waals surface area contributed by atoms with Gasteiger partial charge >= 0.3 is 0 Å². The number of benzene rings is 1. The first-order valence-corrected chi connectivity index (χ1v) is 9.87. The van der Waals surface area contributed by atoms with E-state index >= 15 is 0 Å². The van der Waals surface area contributed by atoms with Crippen molar-refractivity contribution in [3.05, 3.63) is 30.3 Å². The molecule has 2 atom stereocenters. The molecule has 5 heteroatoms. The minimum atomic E-state index is -1.16. The monoisotopic (exact) mass is 334 g/mol. The maximum atomic E-state index is 12.7. The molecule has 0 spiro atoms. The predicted octanol–water partition coefficient (Wildman–Crippen LogP) is 2.87. The quantitative estimate of drug-likeness (QED) is 0.920. The van der Waals surface area contributed by atoms with Crippen molar-refractivity contribution >= 4 is 16.9 Å². The molecule has 1 aliphatic carbocycles. The third kappa shape index (κ3) is 4.42. The number of amides is 1. The van der Waals surface area contributed by atoms with E-state index in [-0.39, 0.29) is 11.8 Å². The standard InChI is InChI=1S/C18H26N2O2S/c21-18(19-16-9-3-1-4-10-16)15-8-7-13-20(14-15)23(22)17-11-5-2-6-12-17/h2,5-6,11-12,15-16H,1,3-4,7-10,13-14H2,(H,19,21). The van der Waals surface area contributed by atoms with Gasteiger partial charge in [-0.1, -0.05) is 37.5 Å². The van der Waals surface area contributed by atoms with E-state index in [0.717, 1.165) is 37.1 Å². The molecule has 1 amide bonds. The fourth-order valence-electron chi connectivity index (χ4n) is 3.56. The molecule has 2 fully saturated rings. The minimum absolute atomic E-state index is 0.0293. The number of hydrogen-bond acceptors (Lipinski definition) is 2. The molecule has 1 N–H and O–H groups in total. The third-order valence-corrected chi connectivity index (χ3v) is 6.36. The van der Waals surface area contributed by atoms with Gasteiger partial charge in [0.2, 0.25) is 5.91 Å². The van der Waals surface area contributed by atoms with Gasteiger partial charge in [-0.15, -0.1) is 0 Å². The van der Waals surface area contributed by atoms with Crippen LogP contribution in [0.2, 0.25) is 0 Å². The predicted molar refractivity (Wildman–Crippen MR) is 92.2 cm³/mol. The highest BCUT2D eigenvalue weighted by molar-refractivity contribution is 7.82. The summed E-state index contributed by atoms with van der Waals surface area (Å²) in [4.78, 5) is 13.4. The molecular weight excluding hydrogens is 308 g/mol. The molecule has 2 aliphatic rings. The van der Waals surface area contributed by atoms with E-state index in [4.69, 9.17) is 0 Å². The Hall–Kier alpha value is -1.20. The maximum absolute atomic E-state index is 12.7. The van der Waals surface area contributed by atoms with Crippen molar-refractivity contribution < 1.29 is 9.00 Å². The Morgan fingerprint density at radius 3 is 2.52 bits per heavy atom. The lowest BCUT2D eigenvalue weighted by molar-refractivity contribution is -0.127. The molecule has 4 nitrogen and oxygen atoms in total. The number of hydrogen-bond donors (Lipinski definition) is 1. The van der Waals surface area contributed by atoms with Crippen LogP contribution in [0.4, 0.5) is 0 Å². The lowest BCUT2D eigenvalue weighted by Gasteiger charge is -2.32. The third-order valence-electron chi connectivity index (χ3n) is 4.89. The molecule has 1 aromatic carbocycles. The number of piperidine rings is 1. The molecule has 1 saturated heterocycles. The van der Waals surface area contributed by atoms with E-state index < -0.39 is 11.0 Å². The van der Waals surface area contributed by atoms with E-state index in [1.807, 2.05) is 34.6 Å². The SMILES string of the molecule is O=C(NC1CCCCC1)C1CCCN(S(=O)c2ccccc2)C1. The van der Waals surface area contributed by atoms with Gasteiger partial charge in [0.15, 0.2) is 0 Å². The van der Waals surface area contributed by atoms with Gasteiger partial charge in [0.25, 0.3) is 0 Å². The Morgan fingerprint density at radius 2 is 1.78 bits per heavy atom. The average Bonchev–Trinajstić information content (AvgIpc) is 2.63. The number of rotatable bonds is 4. The fourth-order valence-corrected chi connectivity index (χ4v) is 4.86. The summed E-state index contributed by atoms with van der Waals surface area (Å²) in [6.07, 6.45) is 7.79. The summed E-state index contributed by atoms with van der Waals surface area (Å²) in [5.74, 6) is 0.130. The number of carbonyl (C=O) groups excluding carboxylic acids is 1. The highest BCUT2D eigenvalue weighted by atomic mass is 32.2. The molecule has 1 aromatic rings. The molecule has 0 radical (unpaired) electrons. The minimum Gasteiger partial charge on any atom is -0.353 e. The van der Waals surface area contributed by atoms with Gasteiger partial charge < -0.3 is 5.32 Å². The molecule has 1 heterocycles. The Morgan fingerprint density at radius 1 is 1.04 bits per heavy atom. The second kappa shape index (κ2) is 8.06. The zero-order valence-electron chi connectivity index (χ0n) is 13.6. The fraction of sp³-hybridized carbons (Fsp3) is 0.611. The summed E-state index contributed by atoms with van der Waals surface area (Å²) in [6, 6.07) is 9.88. The second-order valence-electron chi connectivity index (χ2n) is 6.63. The van der Waals surface area contributed by atoms with Crippen LogP contribution in [0.3, 0.4) is 0 Å².